The number of carbonyl (C=O) groups excluding carboxylic acids is 2. The summed E-state index contributed by atoms with van der Waals surface area (Å²) in [5, 5.41) is 5.67. The zero-order valence-electron chi connectivity index (χ0n) is 14.2. The normalized spacial score (nSPS) is 17.3. The number of carbonyl (C=O) groups is 2. The molecule has 1 heterocycles. The summed E-state index contributed by atoms with van der Waals surface area (Å²) in [6, 6.07) is 7.70. The van der Waals surface area contributed by atoms with Gasteiger partial charge in [0.15, 0.2) is 0 Å². The number of benzene rings is 1. The van der Waals surface area contributed by atoms with Crippen LogP contribution in [0.15, 0.2) is 24.3 Å². The summed E-state index contributed by atoms with van der Waals surface area (Å²) in [5.41, 5.74) is 1.13. The smallest absolute Gasteiger partial charge is 0.321 e. The Morgan fingerprint density at radius 1 is 1.21 bits per heavy atom. The van der Waals surface area contributed by atoms with Crippen molar-refractivity contribution in [2.75, 3.05) is 39.3 Å². The number of hydrogen-bond donors (Lipinski definition) is 2. The fraction of sp³-hybridized carbons (Fsp3) is 0.529. The van der Waals surface area contributed by atoms with Crippen molar-refractivity contribution < 1.29 is 9.59 Å². The number of rotatable bonds is 5. The van der Waals surface area contributed by atoms with E-state index in [4.69, 9.17) is 11.6 Å². The molecular weight excluding hydrogens is 328 g/mol. The molecular formula is C17H25ClN4O2. The van der Waals surface area contributed by atoms with E-state index >= 15 is 0 Å². The molecule has 0 radical (unpaired) electrons. The lowest BCUT2D eigenvalue weighted by molar-refractivity contribution is -0.121. The number of halogens is 1. The predicted molar refractivity (Wildman–Crippen MR) is 95.1 cm³/mol. The van der Waals surface area contributed by atoms with E-state index in [1.54, 1.807) is 0 Å². The molecule has 0 spiro atoms. The van der Waals surface area contributed by atoms with Gasteiger partial charge in [-0.2, -0.15) is 0 Å². The Kier molecular flexibility index (Phi) is 7.02. The van der Waals surface area contributed by atoms with Crippen LogP contribution in [-0.4, -0.2) is 61.0 Å². The zero-order chi connectivity index (χ0) is 17.5. The summed E-state index contributed by atoms with van der Waals surface area (Å²) in [7, 11) is 0. The molecule has 2 rings (SSSR count). The second kappa shape index (κ2) is 9.01. The average Bonchev–Trinajstić information content (AvgIpc) is 2.55. The molecule has 6 nitrogen and oxygen atoms in total. The Hall–Kier alpha value is -1.63. The second-order valence-electron chi connectivity index (χ2n) is 5.92. The highest BCUT2D eigenvalue weighted by Gasteiger charge is 2.24. The maximum atomic E-state index is 11.8. The summed E-state index contributed by atoms with van der Waals surface area (Å²) < 4.78 is 0. The van der Waals surface area contributed by atoms with Gasteiger partial charge in [-0.25, -0.2) is 4.79 Å². The van der Waals surface area contributed by atoms with E-state index in [9.17, 15) is 9.59 Å². The van der Waals surface area contributed by atoms with E-state index < -0.39 is 6.03 Å². The lowest BCUT2D eigenvalue weighted by Gasteiger charge is -2.38. The second-order valence-corrected chi connectivity index (χ2v) is 6.32. The van der Waals surface area contributed by atoms with E-state index in [0.29, 0.717) is 6.54 Å². The number of nitrogens with zero attached hydrogens (tertiary/aromatic N) is 2. The molecule has 1 unspecified atom stereocenters. The van der Waals surface area contributed by atoms with Crippen molar-refractivity contribution in [3.05, 3.63) is 34.9 Å². The standard InChI is InChI=1S/C17H25ClN4O2/c1-3-19-17(24)20-16(23)12-21-8-10-22(11-9-21)13(2)14-6-4-5-7-15(14)18/h4-7,13H,3,8-12H2,1-2H3,(H2,19,20,23,24). The lowest BCUT2D eigenvalue weighted by Crippen LogP contribution is -2.51. The molecule has 0 aliphatic carbocycles. The molecule has 1 saturated heterocycles. The molecule has 24 heavy (non-hydrogen) atoms. The third kappa shape index (κ3) is 5.19. The van der Waals surface area contributed by atoms with Gasteiger partial charge in [0, 0.05) is 43.8 Å². The maximum absolute atomic E-state index is 11.8. The van der Waals surface area contributed by atoms with Gasteiger partial charge in [-0.3, -0.25) is 19.9 Å². The van der Waals surface area contributed by atoms with Crippen LogP contribution in [-0.2, 0) is 4.79 Å². The molecule has 1 aromatic rings. The van der Waals surface area contributed by atoms with E-state index in [-0.39, 0.29) is 18.5 Å². The van der Waals surface area contributed by atoms with Crippen LogP contribution >= 0.6 is 11.6 Å². The van der Waals surface area contributed by atoms with Gasteiger partial charge >= 0.3 is 6.03 Å². The number of piperazine rings is 1. The molecule has 1 aromatic carbocycles. The van der Waals surface area contributed by atoms with E-state index in [1.165, 1.54) is 0 Å². The molecule has 1 aliphatic heterocycles. The first-order valence-corrected chi connectivity index (χ1v) is 8.67. The largest absolute Gasteiger partial charge is 0.338 e. The first-order chi connectivity index (χ1) is 11.5. The van der Waals surface area contributed by atoms with Gasteiger partial charge in [-0.05, 0) is 25.5 Å². The van der Waals surface area contributed by atoms with Gasteiger partial charge in [0.05, 0.1) is 6.54 Å². The number of imide groups is 1. The fourth-order valence-electron chi connectivity index (χ4n) is 2.89. The van der Waals surface area contributed by atoms with Gasteiger partial charge in [0.25, 0.3) is 0 Å². The number of hydrogen-bond acceptors (Lipinski definition) is 4. The van der Waals surface area contributed by atoms with Crippen molar-refractivity contribution in [2.24, 2.45) is 0 Å². The Bertz CT molecular complexity index is 573. The van der Waals surface area contributed by atoms with Gasteiger partial charge in [0.1, 0.15) is 0 Å². The van der Waals surface area contributed by atoms with Crippen molar-refractivity contribution in [2.45, 2.75) is 19.9 Å². The fourth-order valence-corrected chi connectivity index (χ4v) is 3.19. The lowest BCUT2D eigenvalue weighted by atomic mass is 10.1. The Morgan fingerprint density at radius 3 is 2.50 bits per heavy atom. The van der Waals surface area contributed by atoms with Crippen LogP contribution in [0.4, 0.5) is 4.79 Å². The van der Waals surface area contributed by atoms with Crippen LogP contribution in [0, 0.1) is 0 Å². The average molecular weight is 353 g/mol. The summed E-state index contributed by atoms with van der Waals surface area (Å²) in [5.74, 6) is -0.270. The number of urea groups is 1. The molecule has 7 heteroatoms. The molecule has 1 fully saturated rings. The van der Waals surface area contributed by atoms with Crippen LogP contribution in [0.5, 0.6) is 0 Å². The Labute approximate surface area is 148 Å². The van der Waals surface area contributed by atoms with Gasteiger partial charge in [0.2, 0.25) is 5.91 Å². The van der Waals surface area contributed by atoms with Crippen LogP contribution in [0.2, 0.25) is 5.02 Å². The summed E-state index contributed by atoms with van der Waals surface area (Å²) >= 11 is 6.28. The van der Waals surface area contributed by atoms with Crippen molar-refractivity contribution in [3.8, 4) is 0 Å². The molecule has 0 bridgehead atoms. The van der Waals surface area contributed by atoms with E-state index in [1.807, 2.05) is 25.1 Å². The van der Waals surface area contributed by atoms with E-state index in [0.717, 1.165) is 36.8 Å². The summed E-state index contributed by atoms with van der Waals surface area (Å²) in [6.45, 7) is 8.00. The number of amides is 3. The SMILES string of the molecule is CCNC(=O)NC(=O)CN1CCN(C(C)c2ccccc2Cl)CC1. The monoisotopic (exact) mass is 352 g/mol. The van der Waals surface area contributed by atoms with E-state index in [2.05, 4.69) is 33.4 Å². The number of nitrogens with one attached hydrogen (secondary N) is 2. The molecule has 132 valence electrons. The maximum Gasteiger partial charge on any atom is 0.321 e. The van der Waals surface area contributed by atoms with Crippen molar-refractivity contribution in [1.29, 1.82) is 0 Å². The van der Waals surface area contributed by atoms with Crippen molar-refractivity contribution in [3.63, 3.8) is 0 Å². The molecule has 3 amide bonds. The van der Waals surface area contributed by atoms with Crippen LogP contribution in [0.3, 0.4) is 0 Å². The Balaban J connectivity index is 1.80. The molecule has 2 N–H and O–H groups in total. The van der Waals surface area contributed by atoms with Crippen molar-refractivity contribution >= 4 is 23.5 Å². The third-order valence-corrected chi connectivity index (χ3v) is 4.61. The first-order valence-electron chi connectivity index (χ1n) is 8.29. The van der Waals surface area contributed by atoms with Crippen molar-refractivity contribution in [1.82, 2.24) is 20.4 Å². The highest BCUT2D eigenvalue weighted by atomic mass is 35.5. The highest BCUT2D eigenvalue weighted by Crippen LogP contribution is 2.27. The summed E-state index contributed by atoms with van der Waals surface area (Å²) in [4.78, 5) is 27.6. The predicted octanol–water partition coefficient (Wildman–Crippen LogP) is 1.86. The van der Waals surface area contributed by atoms with Gasteiger partial charge in [-0.1, -0.05) is 29.8 Å². The third-order valence-electron chi connectivity index (χ3n) is 4.27. The van der Waals surface area contributed by atoms with Crippen LogP contribution in [0.1, 0.15) is 25.5 Å². The minimum Gasteiger partial charge on any atom is -0.338 e. The minimum absolute atomic E-state index is 0.241. The molecule has 1 atom stereocenters. The quantitative estimate of drug-likeness (QED) is 0.849. The summed E-state index contributed by atoms with van der Waals surface area (Å²) in [6.07, 6.45) is 0. The Morgan fingerprint density at radius 2 is 1.88 bits per heavy atom. The zero-order valence-corrected chi connectivity index (χ0v) is 15.0. The molecule has 0 aromatic heterocycles. The minimum atomic E-state index is -0.437. The topological polar surface area (TPSA) is 64.7 Å². The molecule has 0 saturated carbocycles. The molecule has 1 aliphatic rings. The van der Waals surface area contributed by atoms with Gasteiger partial charge in [-0.15, -0.1) is 0 Å². The first kappa shape index (κ1) is 18.7. The van der Waals surface area contributed by atoms with Gasteiger partial charge < -0.3 is 5.32 Å². The van der Waals surface area contributed by atoms with Crippen LogP contribution in [0.25, 0.3) is 0 Å². The highest BCUT2D eigenvalue weighted by molar-refractivity contribution is 6.31. The van der Waals surface area contributed by atoms with Crippen LogP contribution < -0.4 is 10.6 Å².